The fourth-order valence-corrected chi connectivity index (χ4v) is 4.46. The van der Waals surface area contributed by atoms with E-state index in [1.54, 1.807) is 4.72 Å². The number of alkyl halides is 3. The Balaban J connectivity index is 1.87. The Morgan fingerprint density at radius 2 is 1.82 bits per heavy atom. The molecule has 0 aromatic carbocycles. The average Bonchev–Trinajstić information content (AvgIpc) is 2.58. The lowest BCUT2D eigenvalue weighted by molar-refractivity contribution is -0.146. The molecule has 4 N–H and O–H groups in total. The van der Waals surface area contributed by atoms with Gasteiger partial charge in [-0.1, -0.05) is 12.8 Å². The van der Waals surface area contributed by atoms with Gasteiger partial charge in [0.2, 0.25) is 0 Å². The van der Waals surface area contributed by atoms with Crippen molar-refractivity contribution in [2.45, 2.75) is 87.6 Å². The molecule has 2 rings (SSSR count). The highest BCUT2D eigenvalue weighted by atomic mass is 32.2. The van der Waals surface area contributed by atoms with Crippen molar-refractivity contribution in [3.63, 3.8) is 0 Å². The first-order chi connectivity index (χ1) is 12.8. The third-order valence-electron chi connectivity index (χ3n) is 5.35. The van der Waals surface area contributed by atoms with Gasteiger partial charge in [-0.2, -0.15) is 13.2 Å². The van der Waals surface area contributed by atoms with Crippen LogP contribution in [0, 0.1) is 0 Å². The summed E-state index contributed by atoms with van der Waals surface area (Å²) in [6.07, 6.45) is 4.51. The minimum atomic E-state index is -5.39. The fourth-order valence-electron chi connectivity index (χ4n) is 3.65. The highest BCUT2D eigenvalue weighted by Crippen LogP contribution is 2.30. The summed E-state index contributed by atoms with van der Waals surface area (Å²) in [5, 5.41) is 10.6. The molecule has 0 saturated heterocycles. The quantitative estimate of drug-likeness (QED) is 0.454. The zero-order chi connectivity index (χ0) is 21.2. The third kappa shape index (κ3) is 5.68. The van der Waals surface area contributed by atoms with E-state index in [1.807, 2.05) is 0 Å². The van der Waals surface area contributed by atoms with Crippen LogP contribution in [0.2, 0.25) is 0 Å². The summed E-state index contributed by atoms with van der Waals surface area (Å²) < 4.78 is 66.6. The monoisotopic (exact) mass is 428 g/mol. The molecular formula is C17H27F3N2O5S. The molecule has 0 spiro atoms. The summed E-state index contributed by atoms with van der Waals surface area (Å²) in [4.78, 5) is 12.3. The molecule has 2 fully saturated rings. The van der Waals surface area contributed by atoms with Crippen molar-refractivity contribution in [1.29, 1.82) is 0 Å². The topological polar surface area (TPSA) is 119 Å². The lowest BCUT2D eigenvalue weighted by Crippen LogP contribution is -2.49. The molecule has 2 saturated carbocycles. The number of rotatable bonds is 5. The maximum atomic E-state index is 12.4. The molecule has 0 aromatic rings. The number of sulfonamides is 1. The van der Waals surface area contributed by atoms with Crippen molar-refractivity contribution < 1.29 is 36.2 Å². The number of nitrogens with two attached hydrogens (primary N) is 1. The van der Waals surface area contributed by atoms with Crippen LogP contribution in [0.25, 0.3) is 0 Å². The van der Waals surface area contributed by atoms with Crippen LogP contribution >= 0.6 is 0 Å². The number of aliphatic hydroxyl groups is 1. The molecule has 2 aliphatic carbocycles. The van der Waals surface area contributed by atoms with Gasteiger partial charge in [-0.15, -0.1) is 0 Å². The molecule has 7 nitrogen and oxygen atoms in total. The molecule has 28 heavy (non-hydrogen) atoms. The number of hydrogen-bond donors (Lipinski definition) is 3. The Morgan fingerprint density at radius 1 is 1.21 bits per heavy atom. The first kappa shape index (κ1) is 23.1. The molecular weight excluding hydrogens is 401 g/mol. The van der Waals surface area contributed by atoms with E-state index in [4.69, 9.17) is 10.5 Å². The van der Waals surface area contributed by atoms with Gasteiger partial charge in [0.15, 0.2) is 0 Å². The zero-order valence-corrected chi connectivity index (χ0v) is 16.5. The molecule has 162 valence electrons. The van der Waals surface area contributed by atoms with Crippen molar-refractivity contribution in [1.82, 2.24) is 4.72 Å². The summed E-state index contributed by atoms with van der Waals surface area (Å²) in [6.45, 7) is 1.52. The standard InChI is InChI=1S/C17H27F3N2O5S/c1-11(10-16(24)9-3-2-4-14(16)21)15(23)27-13-7-5-12(6-8-13)22-28(25,26)17(18,19)20/h10,12-14,22,24H,2-9,21H2,1H3. The molecule has 0 radical (unpaired) electrons. The van der Waals surface area contributed by atoms with Gasteiger partial charge in [-0.3, -0.25) is 0 Å². The van der Waals surface area contributed by atoms with Crippen LogP contribution in [0.15, 0.2) is 11.6 Å². The number of esters is 1. The number of nitrogens with one attached hydrogen (secondary N) is 1. The Hall–Kier alpha value is -1.17. The van der Waals surface area contributed by atoms with Crippen molar-refractivity contribution in [3.05, 3.63) is 11.6 Å². The molecule has 0 bridgehead atoms. The highest BCUT2D eigenvalue weighted by molar-refractivity contribution is 7.90. The molecule has 2 aliphatic rings. The predicted molar refractivity (Wildman–Crippen MR) is 95.4 cm³/mol. The average molecular weight is 428 g/mol. The van der Waals surface area contributed by atoms with E-state index in [1.165, 1.54) is 13.0 Å². The summed E-state index contributed by atoms with van der Waals surface area (Å²) in [5.74, 6) is -0.620. The SMILES string of the molecule is CC(=CC1(O)CCCCC1N)C(=O)OC1CCC(NS(=O)(=O)C(F)(F)F)CC1. The van der Waals surface area contributed by atoms with Crippen molar-refractivity contribution in [2.75, 3.05) is 0 Å². The molecule has 0 aromatic heterocycles. The Kier molecular flexibility index (Phi) is 7.17. The molecule has 0 heterocycles. The first-order valence-electron chi connectivity index (χ1n) is 9.31. The van der Waals surface area contributed by atoms with E-state index in [-0.39, 0.29) is 31.3 Å². The first-order valence-corrected chi connectivity index (χ1v) is 10.8. The number of carbonyl (C=O) groups is 1. The van der Waals surface area contributed by atoms with Gasteiger partial charge in [-0.05, 0) is 51.5 Å². The Morgan fingerprint density at radius 3 is 2.36 bits per heavy atom. The van der Waals surface area contributed by atoms with Crippen LogP contribution in [0.3, 0.4) is 0 Å². The minimum absolute atomic E-state index is 0.130. The van der Waals surface area contributed by atoms with E-state index in [9.17, 15) is 31.5 Å². The fraction of sp³-hybridized carbons (Fsp3) is 0.824. The van der Waals surface area contributed by atoms with Gasteiger partial charge >= 0.3 is 21.5 Å². The summed E-state index contributed by atoms with van der Waals surface area (Å²) in [6, 6.07) is -1.31. The maximum absolute atomic E-state index is 12.4. The van der Waals surface area contributed by atoms with Gasteiger partial charge in [0.1, 0.15) is 6.10 Å². The zero-order valence-electron chi connectivity index (χ0n) is 15.7. The van der Waals surface area contributed by atoms with E-state index in [0.29, 0.717) is 12.8 Å². The van der Waals surface area contributed by atoms with Crippen LogP contribution < -0.4 is 10.5 Å². The third-order valence-corrected chi connectivity index (χ3v) is 6.60. The highest BCUT2D eigenvalue weighted by Gasteiger charge is 2.47. The van der Waals surface area contributed by atoms with Gasteiger partial charge in [-0.25, -0.2) is 17.9 Å². The van der Waals surface area contributed by atoms with E-state index in [2.05, 4.69) is 0 Å². The molecule has 0 amide bonds. The number of hydrogen-bond acceptors (Lipinski definition) is 6. The van der Waals surface area contributed by atoms with Crippen LogP contribution in [0.4, 0.5) is 13.2 Å². The smallest absolute Gasteiger partial charge is 0.459 e. The minimum Gasteiger partial charge on any atom is -0.459 e. The number of halogens is 3. The second-order valence-corrected chi connectivity index (χ2v) is 9.32. The Labute approximate surface area is 162 Å². The maximum Gasteiger partial charge on any atom is 0.511 e. The van der Waals surface area contributed by atoms with Crippen LogP contribution in [0.5, 0.6) is 0 Å². The van der Waals surface area contributed by atoms with Crippen LogP contribution in [-0.4, -0.2) is 48.8 Å². The number of carbonyl (C=O) groups excluding carboxylic acids is 1. The van der Waals surface area contributed by atoms with Crippen molar-refractivity contribution >= 4 is 16.0 Å². The second kappa shape index (κ2) is 8.68. The summed E-state index contributed by atoms with van der Waals surface area (Å²) in [7, 11) is -5.39. The molecule has 2 atom stereocenters. The van der Waals surface area contributed by atoms with E-state index >= 15 is 0 Å². The predicted octanol–water partition coefficient (Wildman–Crippen LogP) is 1.86. The van der Waals surface area contributed by atoms with E-state index < -0.39 is 45.3 Å². The van der Waals surface area contributed by atoms with Gasteiger partial charge in [0.05, 0.1) is 5.60 Å². The van der Waals surface area contributed by atoms with E-state index in [0.717, 1.165) is 12.8 Å². The van der Waals surface area contributed by atoms with Gasteiger partial charge < -0.3 is 15.6 Å². The molecule has 11 heteroatoms. The molecule has 2 unspecified atom stereocenters. The summed E-state index contributed by atoms with van der Waals surface area (Å²) in [5.41, 5.74) is -0.422. The van der Waals surface area contributed by atoms with Crippen molar-refractivity contribution in [2.24, 2.45) is 5.73 Å². The Bertz CT molecular complexity index is 702. The van der Waals surface area contributed by atoms with Gasteiger partial charge in [0, 0.05) is 17.7 Å². The molecule has 0 aliphatic heterocycles. The largest absolute Gasteiger partial charge is 0.511 e. The van der Waals surface area contributed by atoms with Gasteiger partial charge in [0.25, 0.3) is 0 Å². The normalized spacial score (nSPS) is 32.8. The van der Waals surface area contributed by atoms with Crippen LogP contribution in [0.1, 0.15) is 58.3 Å². The second-order valence-electron chi connectivity index (χ2n) is 7.62. The number of ether oxygens (including phenoxy) is 1. The van der Waals surface area contributed by atoms with Crippen molar-refractivity contribution in [3.8, 4) is 0 Å². The summed E-state index contributed by atoms with van der Waals surface area (Å²) >= 11 is 0. The van der Waals surface area contributed by atoms with Crippen LogP contribution in [-0.2, 0) is 19.6 Å². The lowest BCUT2D eigenvalue weighted by Gasteiger charge is -2.36. The lowest BCUT2D eigenvalue weighted by atomic mass is 9.80.